The maximum atomic E-state index is 12.8. The molecule has 1 amide bonds. The van der Waals surface area contributed by atoms with Gasteiger partial charge in [-0.1, -0.05) is 41.4 Å². The van der Waals surface area contributed by atoms with E-state index in [2.05, 4.69) is 11.1 Å². The fourth-order valence-corrected chi connectivity index (χ4v) is 6.67. The van der Waals surface area contributed by atoms with Crippen molar-refractivity contribution in [2.75, 3.05) is 19.7 Å². The van der Waals surface area contributed by atoms with E-state index >= 15 is 0 Å². The summed E-state index contributed by atoms with van der Waals surface area (Å²) in [6.07, 6.45) is 0.119. The summed E-state index contributed by atoms with van der Waals surface area (Å²) in [5.74, 6) is 0.357. The highest BCUT2D eigenvalue weighted by molar-refractivity contribution is 6.34. The van der Waals surface area contributed by atoms with Gasteiger partial charge in [0.05, 0.1) is 24.9 Å². The molecule has 52 heavy (non-hydrogen) atoms. The van der Waals surface area contributed by atoms with Crippen LogP contribution in [0.4, 0.5) is 0 Å². The van der Waals surface area contributed by atoms with Crippen molar-refractivity contribution in [3.8, 4) is 16.9 Å². The van der Waals surface area contributed by atoms with E-state index in [0.29, 0.717) is 29.3 Å². The maximum absolute atomic E-state index is 12.8. The number of benzene rings is 2. The standard InChI is InChI=1S/C38H48Cl2N2O10/c39-29-18-24(22-51-38(13-14-38)28-19-41-15-12-26(28)27-6-1-2-7-33(27)52-25-8-9-25)30(40)17-23(29)5-3-4-16-42(34(46)10-11-35(47)48)20-31(44)36(49)37(50)32(45)21-43/h1-2,6-7,12,15,17-19,25,31-32,35-37,43-45,47-50H,3-5,8-11,13-14,16,20-22H2/t31-,32+,36+,37+/m1/s1. The van der Waals surface area contributed by atoms with Crippen LogP contribution in [0.25, 0.3) is 11.1 Å². The third-order valence-electron chi connectivity index (χ3n) is 9.56. The summed E-state index contributed by atoms with van der Waals surface area (Å²) < 4.78 is 12.8. The van der Waals surface area contributed by atoms with Gasteiger partial charge in [0, 0.05) is 59.5 Å². The predicted octanol–water partition coefficient (Wildman–Crippen LogP) is 3.48. The van der Waals surface area contributed by atoms with Gasteiger partial charge in [0.25, 0.3) is 0 Å². The average Bonchev–Trinajstić information content (AvgIpc) is 4.09. The van der Waals surface area contributed by atoms with Crippen LogP contribution in [0, 0.1) is 0 Å². The first-order valence-corrected chi connectivity index (χ1v) is 18.5. The molecule has 0 spiro atoms. The molecule has 1 heterocycles. The van der Waals surface area contributed by atoms with Gasteiger partial charge in [-0.05, 0) is 85.9 Å². The van der Waals surface area contributed by atoms with Crippen LogP contribution in [-0.4, -0.2) is 108 Å². The van der Waals surface area contributed by atoms with E-state index in [1.807, 2.05) is 36.5 Å². The van der Waals surface area contributed by atoms with Crippen LogP contribution in [0.3, 0.4) is 0 Å². The second-order valence-electron chi connectivity index (χ2n) is 13.7. The second kappa shape index (κ2) is 18.4. The topological polar surface area (TPSA) is 193 Å². The van der Waals surface area contributed by atoms with Crippen LogP contribution < -0.4 is 4.74 Å². The minimum Gasteiger partial charge on any atom is -0.490 e. The Hall–Kier alpha value is -2.88. The minimum atomic E-state index is -1.84. The molecule has 2 aliphatic rings. The summed E-state index contributed by atoms with van der Waals surface area (Å²) in [6.45, 7) is -0.830. The average molecular weight is 764 g/mol. The molecule has 0 unspecified atom stereocenters. The first-order valence-electron chi connectivity index (χ1n) is 17.7. The summed E-state index contributed by atoms with van der Waals surface area (Å²) >= 11 is 13.5. The summed E-state index contributed by atoms with van der Waals surface area (Å²) in [5.41, 5.74) is 4.07. The van der Waals surface area contributed by atoms with Crippen molar-refractivity contribution in [1.29, 1.82) is 0 Å². The number of pyridine rings is 1. The van der Waals surface area contributed by atoms with Crippen molar-refractivity contribution in [1.82, 2.24) is 9.88 Å². The lowest BCUT2D eigenvalue weighted by atomic mass is 9.96. The predicted molar refractivity (Wildman–Crippen MR) is 194 cm³/mol. The fraction of sp³-hybridized carbons (Fsp3) is 0.526. The molecule has 12 nitrogen and oxygen atoms in total. The van der Waals surface area contributed by atoms with Gasteiger partial charge < -0.3 is 50.1 Å². The van der Waals surface area contributed by atoms with E-state index in [0.717, 1.165) is 59.3 Å². The molecule has 4 atom stereocenters. The van der Waals surface area contributed by atoms with E-state index in [9.17, 15) is 35.4 Å². The Kier molecular flexibility index (Phi) is 14.3. The summed E-state index contributed by atoms with van der Waals surface area (Å²) in [6, 6.07) is 13.7. The van der Waals surface area contributed by atoms with Gasteiger partial charge in [0.15, 0.2) is 6.29 Å². The third-order valence-corrected chi connectivity index (χ3v) is 10.3. The number of aryl methyl sites for hydroxylation is 1. The van der Waals surface area contributed by atoms with Crippen LogP contribution in [0.15, 0.2) is 54.9 Å². The Morgan fingerprint density at radius 1 is 0.923 bits per heavy atom. The molecule has 0 saturated heterocycles. The van der Waals surface area contributed by atoms with Gasteiger partial charge in [0.1, 0.15) is 30.2 Å². The lowest BCUT2D eigenvalue weighted by Crippen LogP contribution is -2.50. The number of unbranched alkanes of at least 4 members (excludes halogenated alkanes) is 1. The van der Waals surface area contributed by atoms with Crippen LogP contribution in [0.1, 0.15) is 68.1 Å². The van der Waals surface area contributed by atoms with Gasteiger partial charge in [-0.15, -0.1) is 0 Å². The molecule has 2 fully saturated rings. The number of hydrogen-bond donors (Lipinski definition) is 7. The molecule has 2 aliphatic carbocycles. The molecule has 0 aliphatic heterocycles. The first-order chi connectivity index (χ1) is 24.9. The molecule has 2 aromatic carbocycles. The highest BCUT2D eigenvalue weighted by atomic mass is 35.5. The summed E-state index contributed by atoms with van der Waals surface area (Å²) in [5, 5.41) is 68.8. The van der Waals surface area contributed by atoms with Crippen molar-refractivity contribution in [3.63, 3.8) is 0 Å². The van der Waals surface area contributed by atoms with Crippen molar-refractivity contribution >= 4 is 29.1 Å². The zero-order chi connectivity index (χ0) is 37.4. The lowest BCUT2D eigenvalue weighted by Gasteiger charge is -2.30. The van der Waals surface area contributed by atoms with Crippen LogP contribution >= 0.6 is 23.2 Å². The number of carbonyl (C=O) groups excluding carboxylic acids is 1. The third kappa shape index (κ3) is 10.6. The van der Waals surface area contributed by atoms with Crippen LogP contribution in [0.2, 0.25) is 10.0 Å². The number of aromatic nitrogens is 1. The molecule has 3 aromatic rings. The molecular formula is C38H48Cl2N2O10. The van der Waals surface area contributed by atoms with E-state index in [1.54, 1.807) is 12.3 Å². The van der Waals surface area contributed by atoms with E-state index in [1.165, 1.54) is 4.90 Å². The molecule has 5 rings (SSSR count). The Morgan fingerprint density at radius 2 is 1.62 bits per heavy atom. The summed E-state index contributed by atoms with van der Waals surface area (Å²) in [7, 11) is 0. The molecule has 14 heteroatoms. The number of aliphatic hydroxyl groups is 7. The molecule has 2 saturated carbocycles. The van der Waals surface area contributed by atoms with E-state index < -0.39 is 48.8 Å². The SMILES string of the molecule is O=C(CCC(O)O)N(CCCCc1cc(Cl)c(COC2(c3cnccc3-c3ccccc3OC3CC3)CC2)cc1Cl)C[C@@H](O)[C@H](O)[C@@H](O)[C@@H](O)CO. The largest absolute Gasteiger partial charge is 0.490 e. The fourth-order valence-electron chi connectivity index (χ4n) is 6.15. The van der Waals surface area contributed by atoms with Gasteiger partial charge >= 0.3 is 0 Å². The van der Waals surface area contributed by atoms with Crippen molar-refractivity contribution in [2.24, 2.45) is 0 Å². The molecule has 0 radical (unpaired) electrons. The number of hydrogen-bond acceptors (Lipinski definition) is 11. The maximum Gasteiger partial charge on any atom is 0.222 e. The minimum absolute atomic E-state index is 0.148. The van der Waals surface area contributed by atoms with E-state index in [-0.39, 0.29) is 38.6 Å². The Balaban J connectivity index is 1.19. The van der Waals surface area contributed by atoms with Gasteiger partial charge in [-0.3, -0.25) is 9.78 Å². The van der Waals surface area contributed by atoms with Gasteiger partial charge in [-0.25, -0.2) is 0 Å². The molecule has 284 valence electrons. The first kappa shape index (κ1) is 40.3. The second-order valence-corrected chi connectivity index (χ2v) is 14.5. The Bertz CT molecular complexity index is 1640. The number of ether oxygens (including phenoxy) is 2. The summed E-state index contributed by atoms with van der Waals surface area (Å²) in [4.78, 5) is 18.5. The van der Waals surface area contributed by atoms with Crippen molar-refractivity contribution in [2.45, 2.75) is 107 Å². The number of para-hydroxylation sites is 1. The van der Waals surface area contributed by atoms with Crippen LogP contribution in [-0.2, 0) is 28.2 Å². The highest BCUT2D eigenvalue weighted by Gasteiger charge is 2.48. The number of rotatable bonds is 21. The molecular weight excluding hydrogens is 715 g/mol. The Morgan fingerprint density at radius 3 is 2.31 bits per heavy atom. The number of halogens is 2. The van der Waals surface area contributed by atoms with Crippen molar-refractivity contribution in [3.05, 3.63) is 81.6 Å². The zero-order valence-electron chi connectivity index (χ0n) is 28.9. The normalized spacial score (nSPS) is 17.4. The van der Waals surface area contributed by atoms with Gasteiger partial charge in [-0.2, -0.15) is 0 Å². The quantitative estimate of drug-likeness (QED) is 0.0621. The number of nitrogens with zero attached hydrogens (tertiary/aromatic N) is 2. The Labute approximate surface area is 313 Å². The van der Waals surface area contributed by atoms with Crippen LogP contribution in [0.5, 0.6) is 5.75 Å². The lowest BCUT2D eigenvalue weighted by molar-refractivity contribution is -0.141. The molecule has 7 N–H and O–H groups in total. The highest BCUT2D eigenvalue weighted by Crippen LogP contribution is 2.53. The monoisotopic (exact) mass is 762 g/mol. The number of carbonyl (C=O) groups is 1. The van der Waals surface area contributed by atoms with Gasteiger partial charge in [0.2, 0.25) is 5.91 Å². The zero-order valence-corrected chi connectivity index (χ0v) is 30.4. The van der Waals surface area contributed by atoms with E-state index in [4.69, 9.17) is 37.8 Å². The molecule has 0 bridgehead atoms. The smallest absolute Gasteiger partial charge is 0.222 e. The molecule has 1 aromatic heterocycles. The number of amides is 1. The van der Waals surface area contributed by atoms with Crippen molar-refractivity contribution < 1.29 is 50.0 Å². The number of aliphatic hydroxyl groups excluding tert-OH is 6.